The highest BCUT2D eigenvalue weighted by atomic mass is 35.5. The number of carbonyl (C=O) groups excluding carboxylic acids is 1. The molecule has 0 heterocycles. The molecule has 100 valence electrons. The summed E-state index contributed by atoms with van der Waals surface area (Å²) in [6.07, 6.45) is -1.74. The number of amides is 1. The second-order valence-electron chi connectivity index (χ2n) is 4.31. The summed E-state index contributed by atoms with van der Waals surface area (Å²) in [4.78, 5) is 10.7. The number of aliphatic hydroxyl groups excluding tert-OH is 2. The van der Waals surface area contributed by atoms with Crippen molar-refractivity contribution in [2.45, 2.75) is 32.5 Å². The molecule has 0 aromatic heterocycles. The molecule has 0 bridgehead atoms. The van der Waals surface area contributed by atoms with Crippen LogP contribution in [-0.4, -0.2) is 28.8 Å². The van der Waals surface area contributed by atoms with Crippen LogP contribution in [0.1, 0.15) is 30.6 Å². The van der Waals surface area contributed by atoms with E-state index < -0.39 is 12.2 Å². The zero-order valence-corrected chi connectivity index (χ0v) is 11.2. The Morgan fingerprint density at radius 1 is 1.44 bits per heavy atom. The summed E-state index contributed by atoms with van der Waals surface area (Å²) in [6.45, 7) is 3.62. The first-order chi connectivity index (χ1) is 8.41. The minimum Gasteiger partial charge on any atom is -0.390 e. The van der Waals surface area contributed by atoms with E-state index in [1.165, 1.54) is 6.92 Å². The van der Waals surface area contributed by atoms with Crippen molar-refractivity contribution in [2.24, 2.45) is 0 Å². The molecule has 0 fully saturated rings. The SMILES string of the molecule is CC(=O)NCCC(O)C(O)c1ccc(C)cc1Cl. The summed E-state index contributed by atoms with van der Waals surface area (Å²) in [6, 6.07) is 5.26. The fraction of sp³-hybridized carbons (Fsp3) is 0.462. The van der Waals surface area contributed by atoms with Gasteiger partial charge in [-0.15, -0.1) is 0 Å². The lowest BCUT2D eigenvalue weighted by molar-refractivity contribution is -0.119. The van der Waals surface area contributed by atoms with Gasteiger partial charge in [0.1, 0.15) is 6.10 Å². The zero-order chi connectivity index (χ0) is 13.7. The summed E-state index contributed by atoms with van der Waals surface area (Å²) in [5, 5.41) is 22.8. The first-order valence-corrected chi connectivity index (χ1v) is 6.16. The van der Waals surface area contributed by atoms with Crippen LogP contribution in [0.4, 0.5) is 0 Å². The van der Waals surface area contributed by atoms with Crippen molar-refractivity contribution in [1.82, 2.24) is 5.32 Å². The molecule has 0 saturated carbocycles. The monoisotopic (exact) mass is 271 g/mol. The Morgan fingerprint density at radius 2 is 2.11 bits per heavy atom. The fourth-order valence-corrected chi connectivity index (χ4v) is 1.98. The Kier molecular flexibility index (Phi) is 5.59. The van der Waals surface area contributed by atoms with Gasteiger partial charge in [0.25, 0.3) is 0 Å². The van der Waals surface area contributed by atoms with Crippen molar-refractivity contribution in [3.05, 3.63) is 34.3 Å². The Hall–Kier alpha value is -1.10. The molecule has 5 heteroatoms. The third-order valence-corrected chi connectivity index (χ3v) is 2.98. The first kappa shape index (κ1) is 15.0. The molecule has 1 aromatic rings. The molecular formula is C13H18ClNO3. The van der Waals surface area contributed by atoms with Crippen LogP contribution in [0.5, 0.6) is 0 Å². The van der Waals surface area contributed by atoms with Crippen LogP contribution >= 0.6 is 11.6 Å². The van der Waals surface area contributed by atoms with Gasteiger partial charge in [-0.2, -0.15) is 0 Å². The van der Waals surface area contributed by atoms with Crippen molar-refractivity contribution < 1.29 is 15.0 Å². The predicted molar refractivity (Wildman–Crippen MR) is 70.5 cm³/mol. The van der Waals surface area contributed by atoms with Crippen LogP contribution < -0.4 is 5.32 Å². The molecule has 1 amide bonds. The van der Waals surface area contributed by atoms with E-state index in [1.54, 1.807) is 12.1 Å². The van der Waals surface area contributed by atoms with Crippen molar-refractivity contribution in [3.63, 3.8) is 0 Å². The Bertz CT molecular complexity index is 423. The number of rotatable bonds is 5. The van der Waals surface area contributed by atoms with Gasteiger partial charge in [-0.05, 0) is 25.0 Å². The second-order valence-corrected chi connectivity index (χ2v) is 4.72. The molecule has 0 radical (unpaired) electrons. The topological polar surface area (TPSA) is 69.6 Å². The number of carbonyl (C=O) groups is 1. The zero-order valence-electron chi connectivity index (χ0n) is 10.5. The Morgan fingerprint density at radius 3 is 2.67 bits per heavy atom. The van der Waals surface area contributed by atoms with E-state index in [2.05, 4.69) is 5.32 Å². The molecular weight excluding hydrogens is 254 g/mol. The van der Waals surface area contributed by atoms with Crippen molar-refractivity contribution in [2.75, 3.05) is 6.54 Å². The molecule has 2 unspecified atom stereocenters. The lowest BCUT2D eigenvalue weighted by Gasteiger charge is -2.19. The van der Waals surface area contributed by atoms with E-state index in [0.717, 1.165) is 5.56 Å². The number of aliphatic hydroxyl groups is 2. The largest absolute Gasteiger partial charge is 0.390 e. The third-order valence-electron chi connectivity index (χ3n) is 2.65. The summed E-state index contributed by atoms with van der Waals surface area (Å²) < 4.78 is 0. The van der Waals surface area contributed by atoms with Gasteiger partial charge in [-0.3, -0.25) is 4.79 Å². The first-order valence-electron chi connectivity index (χ1n) is 5.78. The van der Waals surface area contributed by atoms with E-state index in [-0.39, 0.29) is 12.3 Å². The van der Waals surface area contributed by atoms with Gasteiger partial charge < -0.3 is 15.5 Å². The molecule has 1 aromatic carbocycles. The quantitative estimate of drug-likeness (QED) is 0.761. The lowest BCUT2D eigenvalue weighted by atomic mass is 10.0. The van der Waals surface area contributed by atoms with Crippen LogP contribution in [0.15, 0.2) is 18.2 Å². The molecule has 3 N–H and O–H groups in total. The highest BCUT2D eigenvalue weighted by Crippen LogP contribution is 2.27. The van der Waals surface area contributed by atoms with Crippen molar-refractivity contribution in [3.8, 4) is 0 Å². The standard InChI is InChI=1S/C13H18ClNO3/c1-8-3-4-10(11(14)7-8)13(18)12(17)5-6-15-9(2)16/h3-4,7,12-13,17-18H,5-6H2,1-2H3,(H,15,16). The number of nitrogens with one attached hydrogen (secondary N) is 1. The van der Waals surface area contributed by atoms with E-state index in [1.807, 2.05) is 13.0 Å². The Balaban J connectivity index is 2.62. The van der Waals surface area contributed by atoms with E-state index in [0.29, 0.717) is 17.1 Å². The average molecular weight is 272 g/mol. The van der Waals surface area contributed by atoms with Crippen molar-refractivity contribution in [1.29, 1.82) is 0 Å². The van der Waals surface area contributed by atoms with Crippen LogP contribution in [-0.2, 0) is 4.79 Å². The average Bonchev–Trinajstić information content (AvgIpc) is 2.27. The third kappa shape index (κ3) is 4.29. The molecule has 0 aliphatic carbocycles. The molecule has 18 heavy (non-hydrogen) atoms. The fourth-order valence-electron chi connectivity index (χ4n) is 1.63. The predicted octanol–water partition coefficient (Wildman–Crippen LogP) is 1.57. The van der Waals surface area contributed by atoms with Gasteiger partial charge in [0.15, 0.2) is 0 Å². The number of hydrogen-bond donors (Lipinski definition) is 3. The molecule has 0 aliphatic heterocycles. The van der Waals surface area contributed by atoms with Crippen LogP contribution in [0.25, 0.3) is 0 Å². The summed E-state index contributed by atoms with van der Waals surface area (Å²) in [5.41, 5.74) is 1.49. The molecule has 4 nitrogen and oxygen atoms in total. The second kappa shape index (κ2) is 6.73. The van der Waals surface area contributed by atoms with Crippen molar-refractivity contribution >= 4 is 17.5 Å². The maximum atomic E-state index is 10.7. The number of aryl methyl sites for hydroxylation is 1. The summed E-state index contributed by atoms with van der Waals surface area (Å²) >= 11 is 6.01. The summed E-state index contributed by atoms with van der Waals surface area (Å²) in [5.74, 6) is -0.162. The molecule has 0 aliphatic rings. The molecule has 0 saturated heterocycles. The minimum atomic E-state index is -1.05. The number of halogens is 1. The van der Waals surface area contributed by atoms with Crippen LogP contribution in [0.3, 0.4) is 0 Å². The minimum absolute atomic E-state index is 0.162. The van der Waals surface area contributed by atoms with E-state index in [4.69, 9.17) is 11.6 Å². The van der Waals surface area contributed by atoms with Gasteiger partial charge in [-0.1, -0.05) is 23.7 Å². The molecule has 2 atom stereocenters. The molecule has 1 rings (SSSR count). The normalized spacial score (nSPS) is 14.1. The Labute approximate surface area is 112 Å². The number of hydrogen-bond acceptors (Lipinski definition) is 3. The lowest BCUT2D eigenvalue weighted by Crippen LogP contribution is -2.27. The van der Waals surface area contributed by atoms with Crippen LogP contribution in [0.2, 0.25) is 5.02 Å². The highest BCUT2D eigenvalue weighted by Gasteiger charge is 2.20. The number of benzene rings is 1. The van der Waals surface area contributed by atoms with E-state index >= 15 is 0 Å². The van der Waals surface area contributed by atoms with Gasteiger partial charge in [0.2, 0.25) is 5.91 Å². The molecule has 0 spiro atoms. The maximum absolute atomic E-state index is 10.7. The maximum Gasteiger partial charge on any atom is 0.216 e. The highest BCUT2D eigenvalue weighted by molar-refractivity contribution is 6.31. The van der Waals surface area contributed by atoms with Gasteiger partial charge in [-0.25, -0.2) is 0 Å². The van der Waals surface area contributed by atoms with Crippen LogP contribution in [0, 0.1) is 6.92 Å². The van der Waals surface area contributed by atoms with Gasteiger partial charge in [0, 0.05) is 24.1 Å². The van der Waals surface area contributed by atoms with Gasteiger partial charge >= 0.3 is 0 Å². The summed E-state index contributed by atoms with van der Waals surface area (Å²) in [7, 11) is 0. The van der Waals surface area contributed by atoms with E-state index in [9.17, 15) is 15.0 Å². The smallest absolute Gasteiger partial charge is 0.216 e. The van der Waals surface area contributed by atoms with Gasteiger partial charge in [0.05, 0.1) is 6.10 Å².